The van der Waals surface area contributed by atoms with E-state index < -0.39 is 6.04 Å². The van der Waals surface area contributed by atoms with Gasteiger partial charge in [0.25, 0.3) is 5.91 Å². The number of carbonyl (C=O) groups is 2. The van der Waals surface area contributed by atoms with E-state index in [4.69, 9.17) is 9.72 Å². The molecule has 0 aliphatic rings. The highest BCUT2D eigenvalue weighted by Gasteiger charge is 2.23. The van der Waals surface area contributed by atoms with Crippen LogP contribution in [0, 0.1) is 25.7 Å². The van der Waals surface area contributed by atoms with Crippen LogP contribution in [0.5, 0.6) is 5.75 Å². The molecule has 2 aromatic carbocycles. The van der Waals surface area contributed by atoms with E-state index in [0.29, 0.717) is 36.5 Å². The molecule has 3 rings (SSSR count). The van der Waals surface area contributed by atoms with Crippen molar-refractivity contribution < 1.29 is 14.3 Å². The maximum atomic E-state index is 13.4. The maximum Gasteiger partial charge on any atom is 0.258 e. The van der Waals surface area contributed by atoms with Crippen LogP contribution in [0.4, 0.5) is 0 Å². The van der Waals surface area contributed by atoms with Crippen molar-refractivity contribution in [1.29, 1.82) is 0 Å². The van der Waals surface area contributed by atoms with Crippen molar-refractivity contribution >= 4 is 22.8 Å². The highest BCUT2D eigenvalue weighted by atomic mass is 16.5. The second-order valence-electron chi connectivity index (χ2n) is 10.5. The van der Waals surface area contributed by atoms with Crippen molar-refractivity contribution in [2.45, 2.75) is 61.1 Å². The lowest BCUT2D eigenvalue weighted by Gasteiger charge is -2.27. The van der Waals surface area contributed by atoms with E-state index in [1.54, 1.807) is 0 Å². The molecule has 1 heterocycles. The third-order valence-corrected chi connectivity index (χ3v) is 5.97. The van der Waals surface area contributed by atoms with Gasteiger partial charge >= 0.3 is 0 Å². The van der Waals surface area contributed by atoms with Crippen LogP contribution in [0.2, 0.25) is 0 Å². The van der Waals surface area contributed by atoms with Gasteiger partial charge in [-0.3, -0.25) is 9.59 Å². The van der Waals surface area contributed by atoms with Crippen LogP contribution in [-0.2, 0) is 16.1 Å². The van der Waals surface area contributed by atoms with Gasteiger partial charge in [-0.05, 0) is 61.9 Å². The average Bonchev–Trinajstić information content (AvgIpc) is 3.17. The Hall–Kier alpha value is -3.35. The first-order valence-corrected chi connectivity index (χ1v) is 12.8. The molecule has 0 aliphatic carbocycles. The van der Waals surface area contributed by atoms with Crippen LogP contribution in [0.25, 0.3) is 11.0 Å². The number of para-hydroxylation sites is 2. The van der Waals surface area contributed by atoms with Gasteiger partial charge in [-0.2, -0.15) is 0 Å². The Kier molecular flexibility index (Phi) is 9.13. The summed E-state index contributed by atoms with van der Waals surface area (Å²) in [6.45, 7) is 15.8. The quantitative estimate of drug-likeness (QED) is 0.406. The Labute approximate surface area is 214 Å². The minimum Gasteiger partial charge on any atom is -0.483 e. The van der Waals surface area contributed by atoms with Gasteiger partial charge in [-0.1, -0.05) is 52.0 Å². The predicted octanol–water partition coefficient (Wildman–Crippen LogP) is 5.05. The second kappa shape index (κ2) is 12.1. The van der Waals surface area contributed by atoms with Gasteiger partial charge in [0.2, 0.25) is 5.91 Å². The van der Waals surface area contributed by atoms with Gasteiger partial charge in [0.1, 0.15) is 18.1 Å². The van der Waals surface area contributed by atoms with E-state index in [1.165, 1.54) is 0 Å². The number of ether oxygens (including phenoxy) is 1. The Bertz CT molecular complexity index is 1190. The number of fused-ring (bicyclic) bond motifs is 1. The number of nitrogens with one attached hydrogen (secondary N) is 1. The van der Waals surface area contributed by atoms with Crippen molar-refractivity contribution in [3.05, 3.63) is 59.4 Å². The molecule has 0 radical (unpaired) electrons. The minimum absolute atomic E-state index is 0.0542. The Morgan fingerprint density at radius 1 is 1.00 bits per heavy atom. The molecule has 0 spiro atoms. The fraction of sp³-hybridized carbons (Fsp3) is 0.483. The van der Waals surface area contributed by atoms with Crippen LogP contribution in [0.15, 0.2) is 42.5 Å². The molecule has 1 aromatic heterocycles. The lowest BCUT2D eigenvalue weighted by atomic mass is 10.1. The Balaban J connectivity index is 1.78. The van der Waals surface area contributed by atoms with Gasteiger partial charge in [0.05, 0.1) is 17.1 Å². The van der Waals surface area contributed by atoms with Gasteiger partial charge in [0.15, 0.2) is 6.61 Å². The number of aryl methyl sites for hydroxylation is 2. The van der Waals surface area contributed by atoms with Crippen molar-refractivity contribution in [2.24, 2.45) is 11.8 Å². The largest absolute Gasteiger partial charge is 0.483 e. The minimum atomic E-state index is -0.399. The molecule has 194 valence electrons. The molecule has 0 saturated carbocycles. The first-order chi connectivity index (χ1) is 17.0. The number of carbonyl (C=O) groups excluding carboxylic acids is 2. The summed E-state index contributed by atoms with van der Waals surface area (Å²) in [6.07, 6.45) is 0. The number of hydrogen-bond acceptors (Lipinski definition) is 4. The zero-order chi connectivity index (χ0) is 26.4. The van der Waals surface area contributed by atoms with E-state index in [2.05, 4.69) is 33.0 Å². The molecule has 1 unspecified atom stereocenters. The molecular weight excluding hydrogens is 452 g/mol. The highest BCUT2D eigenvalue weighted by molar-refractivity contribution is 5.82. The third kappa shape index (κ3) is 7.09. The molecule has 0 bridgehead atoms. The summed E-state index contributed by atoms with van der Waals surface area (Å²) in [5.74, 6) is 1.92. The summed E-state index contributed by atoms with van der Waals surface area (Å²) in [7, 11) is 0. The number of hydrogen-bond donors (Lipinski definition) is 1. The number of rotatable bonds is 11. The van der Waals surface area contributed by atoms with E-state index in [1.807, 2.05) is 72.7 Å². The van der Waals surface area contributed by atoms with Crippen LogP contribution < -0.4 is 10.1 Å². The van der Waals surface area contributed by atoms with Crippen LogP contribution in [-0.4, -0.2) is 46.0 Å². The number of benzene rings is 2. The summed E-state index contributed by atoms with van der Waals surface area (Å²) in [4.78, 5) is 32.9. The highest BCUT2D eigenvalue weighted by Crippen LogP contribution is 2.22. The molecule has 2 amide bonds. The van der Waals surface area contributed by atoms with Crippen molar-refractivity contribution in [2.75, 3.05) is 19.7 Å². The predicted molar refractivity (Wildman–Crippen MR) is 144 cm³/mol. The second-order valence-corrected chi connectivity index (χ2v) is 10.5. The third-order valence-electron chi connectivity index (χ3n) is 5.97. The monoisotopic (exact) mass is 492 g/mol. The molecule has 7 nitrogen and oxygen atoms in total. The van der Waals surface area contributed by atoms with E-state index in [0.717, 1.165) is 22.2 Å². The number of amides is 2. The van der Waals surface area contributed by atoms with Crippen LogP contribution >= 0.6 is 0 Å². The summed E-state index contributed by atoms with van der Waals surface area (Å²) in [6, 6.07) is 13.3. The first kappa shape index (κ1) is 27.2. The molecule has 1 atom stereocenters. The average molecular weight is 493 g/mol. The topological polar surface area (TPSA) is 76.5 Å². The van der Waals surface area contributed by atoms with Crippen LogP contribution in [0.3, 0.4) is 0 Å². The first-order valence-electron chi connectivity index (χ1n) is 12.8. The Morgan fingerprint density at radius 3 is 2.33 bits per heavy atom. The summed E-state index contributed by atoms with van der Waals surface area (Å²) in [5.41, 5.74) is 3.73. The number of imidazole rings is 1. The molecule has 0 aliphatic heterocycles. The summed E-state index contributed by atoms with van der Waals surface area (Å²) < 4.78 is 7.71. The maximum absolute atomic E-state index is 13.4. The molecule has 7 heteroatoms. The van der Waals surface area contributed by atoms with Gasteiger partial charge in [0, 0.05) is 13.1 Å². The number of aromatic nitrogens is 2. The molecular formula is C29H40N4O3. The molecule has 1 N–H and O–H groups in total. The molecule has 0 saturated heterocycles. The van der Waals surface area contributed by atoms with Gasteiger partial charge in [-0.15, -0.1) is 0 Å². The zero-order valence-electron chi connectivity index (χ0n) is 22.7. The summed E-state index contributed by atoms with van der Waals surface area (Å²) >= 11 is 0. The normalized spacial score (nSPS) is 12.2. The SMILES string of the molecule is Cc1ccc(C)c(OCC(=O)NC(C)c2nc3ccccc3n2CC(=O)N(CC(C)C)CC(C)C)c1. The standard InChI is InChI=1S/C29H40N4O3/c1-19(2)15-32(16-20(3)4)28(35)17-33-25-11-9-8-10-24(25)31-29(33)23(7)30-27(34)18-36-26-14-21(5)12-13-22(26)6/h8-14,19-20,23H,15-18H2,1-7H3,(H,30,34). The lowest BCUT2D eigenvalue weighted by molar-refractivity contribution is -0.132. The van der Waals surface area contributed by atoms with E-state index in [-0.39, 0.29) is 25.0 Å². The van der Waals surface area contributed by atoms with Crippen molar-refractivity contribution in [1.82, 2.24) is 19.8 Å². The zero-order valence-corrected chi connectivity index (χ0v) is 22.7. The fourth-order valence-electron chi connectivity index (χ4n) is 4.34. The van der Waals surface area contributed by atoms with Gasteiger partial charge in [-0.25, -0.2) is 4.98 Å². The number of nitrogens with zero attached hydrogens (tertiary/aromatic N) is 3. The fourth-order valence-corrected chi connectivity index (χ4v) is 4.34. The van der Waals surface area contributed by atoms with E-state index >= 15 is 0 Å². The summed E-state index contributed by atoms with van der Waals surface area (Å²) in [5, 5.41) is 3.00. The lowest BCUT2D eigenvalue weighted by Crippen LogP contribution is -2.39. The van der Waals surface area contributed by atoms with Crippen molar-refractivity contribution in [3.63, 3.8) is 0 Å². The smallest absolute Gasteiger partial charge is 0.258 e. The van der Waals surface area contributed by atoms with Gasteiger partial charge < -0.3 is 19.5 Å². The van der Waals surface area contributed by atoms with E-state index in [9.17, 15) is 9.59 Å². The Morgan fingerprint density at radius 2 is 1.67 bits per heavy atom. The van der Waals surface area contributed by atoms with Crippen LogP contribution in [0.1, 0.15) is 57.6 Å². The molecule has 0 fully saturated rings. The molecule has 3 aromatic rings. The molecule has 36 heavy (non-hydrogen) atoms. The van der Waals surface area contributed by atoms with Crippen molar-refractivity contribution in [3.8, 4) is 5.75 Å².